The second-order valence-electron chi connectivity index (χ2n) is 3.66. The molecule has 0 atom stereocenters. The number of sulfonamides is 1. The van der Waals surface area contributed by atoms with Crippen molar-refractivity contribution in [3.63, 3.8) is 0 Å². The van der Waals surface area contributed by atoms with Gasteiger partial charge in [-0.25, -0.2) is 23.1 Å². The van der Waals surface area contributed by atoms with Crippen molar-refractivity contribution < 1.29 is 8.42 Å². The summed E-state index contributed by atoms with van der Waals surface area (Å²) >= 11 is 5.50. The largest absolute Gasteiger partial charge is 0.261 e. The summed E-state index contributed by atoms with van der Waals surface area (Å²) < 4.78 is 26.2. The number of aromatic nitrogens is 3. The molecule has 0 aliphatic rings. The van der Waals surface area contributed by atoms with Gasteiger partial charge in [0.1, 0.15) is 4.90 Å². The van der Waals surface area contributed by atoms with Crippen LogP contribution < -0.4 is 4.72 Å². The fraction of sp³-hybridized carbons (Fsp3) is 0.182. The van der Waals surface area contributed by atoms with Crippen LogP contribution in [-0.2, 0) is 16.4 Å². The van der Waals surface area contributed by atoms with Crippen LogP contribution >= 0.6 is 11.6 Å². The van der Waals surface area contributed by atoms with E-state index in [4.69, 9.17) is 11.6 Å². The SMILES string of the molecule is O=S(=O)(NCCc1ccccn1)c1cnc(Cl)nc1. The van der Waals surface area contributed by atoms with Crippen LogP contribution in [0.1, 0.15) is 5.69 Å². The highest BCUT2D eigenvalue weighted by Gasteiger charge is 2.14. The lowest BCUT2D eigenvalue weighted by molar-refractivity contribution is 0.580. The highest BCUT2D eigenvalue weighted by molar-refractivity contribution is 7.89. The summed E-state index contributed by atoms with van der Waals surface area (Å²) in [6.45, 7) is 0.252. The van der Waals surface area contributed by atoms with E-state index < -0.39 is 10.0 Å². The van der Waals surface area contributed by atoms with Gasteiger partial charge in [-0.1, -0.05) is 6.07 Å². The summed E-state index contributed by atoms with van der Waals surface area (Å²) in [5.74, 6) is 0. The normalized spacial score (nSPS) is 11.4. The zero-order valence-electron chi connectivity index (χ0n) is 9.82. The number of pyridine rings is 1. The first-order chi connectivity index (χ1) is 9.08. The molecule has 8 heteroatoms. The molecular formula is C11H11ClN4O2S. The Bertz CT molecular complexity index is 632. The fourth-order valence-corrected chi connectivity index (χ4v) is 2.40. The van der Waals surface area contributed by atoms with E-state index in [0.717, 1.165) is 5.69 Å². The van der Waals surface area contributed by atoms with E-state index in [1.165, 1.54) is 12.4 Å². The third-order valence-electron chi connectivity index (χ3n) is 2.31. The van der Waals surface area contributed by atoms with Gasteiger partial charge in [0.15, 0.2) is 0 Å². The molecule has 19 heavy (non-hydrogen) atoms. The number of hydrogen-bond donors (Lipinski definition) is 1. The van der Waals surface area contributed by atoms with Crippen molar-refractivity contribution >= 4 is 21.6 Å². The van der Waals surface area contributed by atoms with Crippen LogP contribution in [0.25, 0.3) is 0 Å². The average Bonchev–Trinajstić information content (AvgIpc) is 2.40. The summed E-state index contributed by atoms with van der Waals surface area (Å²) in [5, 5.41) is 0.00688. The predicted molar refractivity (Wildman–Crippen MR) is 70.2 cm³/mol. The minimum Gasteiger partial charge on any atom is -0.261 e. The van der Waals surface area contributed by atoms with Gasteiger partial charge in [-0.2, -0.15) is 0 Å². The van der Waals surface area contributed by atoms with Crippen LogP contribution in [-0.4, -0.2) is 29.9 Å². The van der Waals surface area contributed by atoms with E-state index in [9.17, 15) is 8.42 Å². The van der Waals surface area contributed by atoms with Crippen LogP contribution in [0.2, 0.25) is 5.28 Å². The van der Waals surface area contributed by atoms with Crippen molar-refractivity contribution in [1.82, 2.24) is 19.7 Å². The summed E-state index contributed by atoms with van der Waals surface area (Å²) in [7, 11) is -3.61. The molecule has 0 aliphatic carbocycles. The molecule has 0 aromatic carbocycles. The number of halogens is 1. The number of hydrogen-bond acceptors (Lipinski definition) is 5. The minimum absolute atomic E-state index is 0.00688. The molecule has 0 aliphatic heterocycles. The minimum atomic E-state index is -3.61. The number of nitrogens with one attached hydrogen (secondary N) is 1. The summed E-state index contributed by atoms with van der Waals surface area (Å²) in [5.41, 5.74) is 0.817. The van der Waals surface area contributed by atoms with Gasteiger partial charge in [0.25, 0.3) is 0 Å². The highest BCUT2D eigenvalue weighted by atomic mass is 35.5. The van der Waals surface area contributed by atoms with Crippen LogP contribution in [0.3, 0.4) is 0 Å². The lowest BCUT2D eigenvalue weighted by Crippen LogP contribution is -2.26. The first-order valence-corrected chi connectivity index (χ1v) is 7.31. The Morgan fingerprint density at radius 1 is 1.16 bits per heavy atom. The zero-order chi connectivity index (χ0) is 13.7. The quantitative estimate of drug-likeness (QED) is 0.834. The molecule has 1 N–H and O–H groups in total. The first kappa shape index (κ1) is 13.9. The lowest BCUT2D eigenvalue weighted by atomic mass is 10.3. The lowest BCUT2D eigenvalue weighted by Gasteiger charge is -2.05. The average molecular weight is 299 g/mol. The molecule has 0 saturated heterocycles. The third kappa shape index (κ3) is 3.95. The maximum absolute atomic E-state index is 11.9. The summed E-state index contributed by atoms with van der Waals surface area (Å²) in [6, 6.07) is 5.49. The predicted octanol–water partition coefficient (Wildman–Crippen LogP) is 1.05. The van der Waals surface area contributed by atoms with E-state index in [1.54, 1.807) is 12.3 Å². The van der Waals surface area contributed by atoms with Crippen molar-refractivity contribution in [3.8, 4) is 0 Å². The van der Waals surface area contributed by atoms with E-state index in [1.807, 2.05) is 12.1 Å². The van der Waals surface area contributed by atoms with Gasteiger partial charge in [-0.15, -0.1) is 0 Å². The van der Waals surface area contributed by atoms with Crippen molar-refractivity contribution in [2.75, 3.05) is 6.54 Å². The molecule has 2 aromatic rings. The van der Waals surface area contributed by atoms with Crippen LogP contribution in [0.15, 0.2) is 41.7 Å². The van der Waals surface area contributed by atoms with Crippen molar-refractivity contribution in [2.45, 2.75) is 11.3 Å². The van der Waals surface area contributed by atoms with E-state index in [0.29, 0.717) is 6.42 Å². The molecule has 0 radical (unpaired) electrons. The molecule has 0 saturated carbocycles. The van der Waals surface area contributed by atoms with Gasteiger partial charge in [0.05, 0.1) is 12.4 Å². The molecule has 0 bridgehead atoms. The van der Waals surface area contributed by atoms with Crippen LogP contribution in [0.4, 0.5) is 0 Å². The van der Waals surface area contributed by atoms with Gasteiger partial charge in [-0.05, 0) is 23.7 Å². The van der Waals surface area contributed by atoms with Gasteiger partial charge >= 0.3 is 0 Å². The Labute approximate surface area is 115 Å². The molecule has 2 rings (SSSR count). The van der Waals surface area contributed by atoms with Gasteiger partial charge in [-0.3, -0.25) is 4.98 Å². The Hall–Kier alpha value is -1.57. The van der Waals surface area contributed by atoms with Gasteiger partial charge in [0, 0.05) is 24.9 Å². The molecule has 100 valence electrons. The molecule has 0 amide bonds. The van der Waals surface area contributed by atoms with Crippen LogP contribution in [0.5, 0.6) is 0 Å². The second kappa shape index (κ2) is 6.05. The van der Waals surface area contributed by atoms with E-state index >= 15 is 0 Å². The molecule has 6 nitrogen and oxygen atoms in total. The Morgan fingerprint density at radius 2 is 1.89 bits per heavy atom. The maximum Gasteiger partial charge on any atom is 0.243 e. The molecular weight excluding hydrogens is 288 g/mol. The number of nitrogens with zero attached hydrogens (tertiary/aromatic N) is 3. The summed E-state index contributed by atoms with van der Waals surface area (Å²) in [4.78, 5) is 11.4. The Balaban J connectivity index is 1.97. The third-order valence-corrected chi connectivity index (χ3v) is 3.92. The second-order valence-corrected chi connectivity index (χ2v) is 5.76. The Kier molecular flexibility index (Phi) is 4.41. The number of rotatable bonds is 5. The Morgan fingerprint density at radius 3 is 2.53 bits per heavy atom. The highest BCUT2D eigenvalue weighted by Crippen LogP contribution is 2.07. The van der Waals surface area contributed by atoms with Gasteiger partial charge < -0.3 is 0 Å². The van der Waals surface area contributed by atoms with Crippen LogP contribution in [0, 0.1) is 0 Å². The van der Waals surface area contributed by atoms with Gasteiger partial charge in [0.2, 0.25) is 15.3 Å². The summed E-state index contributed by atoms with van der Waals surface area (Å²) in [6.07, 6.45) is 4.50. The smallest absolute Gasteiger partial charge is 0.243 e. The molecule has 2 heterocycles. The molecule has 0 spiro atoms. The topological polar surface area (TPSA) is 84.8 Å². The molecule has 0 unspecified atom stereocenters. The van der Waals surface area contributed by atoms with Crippen molar-refractivity contribution in [3.05, 3.63) is 47.8 Å². The van der Waals surface area contributed by atoms with E-state index in [2.05, 4.69) is 19.7 Å². The van der Waals surface area contributed by atoms with Crippen molar-refractivity contribution in [2.24, 2.45) is 0 Å². The molecule has 2 aromatic heterocycles. The standard InChI is InChI=1S/C11H11ClN4O2S/c12-11-14-7-10(8-15-11)19(17,18)16-6-4-9-3-1-2-5-13-9/h1-3,5,7-8,16H,4,6H2. The maximum atomic E-state index is 11.9. The molecule has 0 fully saturated rings. The van der Waals surface area contributed by atoms with E-state index in [-0.39, 0.29) is 16.7 Å². The first-order valence-electron chi connectivity index (χ1n) is 5.45. The van der Waals surface area contributed by atoms with Crippen molar-refractivity contribution in [1.29, 1.82) is 0 Å². The monoisotopic (exact) mass is 298 g/mol. The fourth-order valence-electron chi connectivity index (χ4n) is 1.38. The zero-order valence-corrected chi connectivity index (χ0v) is 11.4.